The lowest BCUT2D eigenvalue weighted by Gasteiger charge is -2.22. The van der Waals surface area contributed by atoms with Crippen LogP contribution in [-0.2, 0) is 4.79 Å². The second-order valence-electron chi connectivity index (χ2n) is 4.80. The lowest BCUT2D eigenvalue weighted by molar-refractivity contribution is -0.114. The van der Waals surface area contributed by atoms with Gasteiger partial charge in [-0.1, -0.05) is 12.1 Å². The standard InChI is InChI=1S/C17H15N5O/c1-13(23)21-14-6-4-7-15(12-14)22(16-8-2-3-9-18-16)17-19-10-5-11-20-17/h2-12H,1H3,(H,21,23). The second-order valence-corrected chi connectivity index (χ2v) is 4.80. The summed E-state index contributed by atoms with van der Waals surface area (Å²) in [4.78, 5) is 26.1. The highest BCUT2D eigenvalue weighted by molar-refractivity contribution is 5.89. The highest BCUT2D eigenvalue weighted by Crippen LogP contribution is 2.31. The highest BCUT2D eigenvalue weighted by atomic mass is 16.1. The largest absolute Gasteiger partial charge is 0.326 e. The van der Waals surface area contributed by atoms with Crippen LogP contribution in [0.5, 0.6) is 0 Å². The molecule has 0 unspecified atom stereocenters. The predicted molar refractivity (Wildman–Crippen MR) is 88.8 cm³/mol. The summed E-state index contributed by atoms with van der Waals surface area (Å²) in [6.45, 7) is 1.48. The van der Waals surface area contributed by atoms with Crippen LogP contribution in [0.3, 0.4) is 0 Å². The molecule has 0 spiro atoms. The van der Waals surface area contributed by atoms with E-state index in [4.69, 9.17) is 0 Å². The Hall–Kier alpha value is -3.28. The van der Waals surface area contributed by atoms with Gasteiger partial charge >= 0.3 is 0 Å². The molecule has 0 atom stereocenters. The predicted octanol–water partition coefficient (Wildman–Crippen LogP) is 3.30. The molecule has 3 rings (SSSR count). The van der Waals surface area contributed by atoms with Crippen LogP contribution >= 0.6 is 0 Å². The molecule has 6 heteroatoms. The maximum absolute atomic E-state index is 11.3. The first kappa shape index (κ1) is 14.6. The fourth-order valence-corrected chi connectivity index (χ4v) is 2.17. The van der Waals surface area contributed by atoms with Gasteiger partial charge in [0.25, 0.3) is 0 Å². The van der Waals surface area contributed by atoms with E-state index in [0.29, 0.717) is 17.5 Å². The number of hydrogen-bond donors (Lipinski definition) is 1. The van der Waals surface area contributed by atoms with Gasteiger partial charge in [0.15, 0.2) is 0 Å². The number of carbonyl (C=O) groups excluding carboxylic acids is 1. The molecule has 0 aliphatic rings. The van der Waals surface area contributed by atoms with Crippen LogP contribution in [0.1, 0.15) is 6.92 Å². The third-order valence-electron chi connectivity index (χ3n) is 3.06. The Morgan fingerprint density at radius 3 is 2.43 bits per heavy atom. The summed E-state index contributed by atoms with van der Waals surface area (Å²) in [5.74, 6) is 1.08. The molecule has 114 valence electrons. The van der Waals surface area contributed by atoms with Crippen molar-refractivity contribution < 1.29 is 4.79 Å². The van der Waals surface area contributed by atoms with Crippen LogP contribution in [0.25, 0.3) is 0 Å². The number of aromatic nitrogens is 3. The number of pyridine rings is 1. The number of nitrogens with zero attached hydrogens (tertiary/aromatic N) is 4. The van der Waals surface area contributed by atoms with Crippen molar-refractivity contribution in [3.8, 4) is 0 Å². The summed E-state index contributed by atoms with van der Waals surface area (Å²) in [5.41, 5.74) is 1.51. The van der Waals surface area contributed by atoms with Gasteiger partial charge in [0, 0.05) is 31.2 Å². The Labute approximate surface area is 133 Å². The van der Waals surface area contributed by atoms with Crippen LogP contribution < -0.4 is 10.2 Å². The molecule has 2 heterocycles. The van der Waals surface area contributed by atoms with Crippen molar-refractivity contribution in [2.24, 2.45) is 0 Å². The van der Waals surface area contributed by atoms with Crippen molar-refractivity contribution in [1.82, 2.24) is 15.0 Å². The highest BCUT2D eigenvalue weighted by Gasteiger charge is 2.15. The molecule has 0 bridgehead atoms. The number of benzene rings is 1. The van der Waals surface area contributed by atoms with Crippen LogP contribution in [0, 0.1) is 0 Å². The van der Waals surface area contributed by atoms with Crippen molar-refractivity contribution in [2.75, 3.05) is 10.2 Å². The van der Waals surface area contributed by atoms with Crippen LogP contribution in [0.15, 0.2) is 67.1 Å². The number of rotatable bonds is 4. The minimum Gasteiger partial charge on any atom is -0.326 e. The molecule has 3 aromatic rings. The quantitative estimate of drug-likeness (QED) is 0.800. The zero-order valence-electron chi connectivity index (χ0n) is 12.5. The van der Waals surface area contributed by atoms with E-state index in [-0.39, 0.29) is 5.91 Å². The average molecular weight is 305 g/mol. The van der Waals surface area contributed by atoms with Gasteiger partial charge in [0.05, 0.1) is 5.69 Å². The monoisotopic (exact) mass is 305 g/mol. The van der Waals surface area contributed by atoms with Crippen LogP contribution in [0.4, 0.5) is 23.1 Å². The molecule has 1 amide bonds. The van der Waals surface area contributed by atoms with E-state index in [9.17, 15) is 4.79 Å². The molecule has 0 aliphatic heterocycles. The molecule has 23 heavy (non-hydrogen) atoms. The number of anilines is 4. The van der Waals surface area contributed by atoms with Gasteiger partial charge in [-0.25, -0.2) is 15.0 Å². The zero-order valence-corrected chi connectivity index (χ0v) is 12.5. The fourth-order valence-electron chi connectivity index (χ4n) is 2.17. The lowest BCUT2D eigenvalue weighted by Crippen LogP contribution is -2.15. The molecule has 1 aromatic carbocycles. The van der Waals surface area contributed by atoms with Gasteiger partial charge in [-0.3, -0.25) is 9.69 Å². The Morgan fingerprint density at radius 2 is 1.74 bits per heavy atom. The van der Waals surface area contributed by atoms with Crippen LogP contribution in [-0.4, -0.2) is 20.9 Å². The summed E-state index contributed by atoms with van der Waals surface area (Å²) in [5, 5.41) is 2.78. The van der Waals surface area contributed by atoms with Crippen molar-refractivity contribution in [2.45, 2.75) is 6.92 Å². The molecular formula is C17H15N5O. The molecule has 0 aliphatic carbocycles. The van der Waals surface area contributed by atoms with Gasteiger partial charge in [-0.2, -0.15) is 0 Å². The molecule has 2 aromatic heterocycles. The molecule has 6 nitrogen and oxygen atoms in total. The van der Waals surface area contributed by atoms with E-state index in [1.807, 2.05) is 47.4 Å². The number of carbonyl (C=O) groups is 1. The van der Waals surface area contributed by atoms with Crippen molar-refractivity contribution in [3.05, 3.63) is 67.1 Å². The van der Waals surface area contributed by atoms with E-state index in [1.165, 1.54) is 6.92 Å². The number of amides is 1. The average Bonchev–Trinajstić information content (AvgIpc) is 2.57. The lowest BCUT2D eigenvalue weighted by atomic mass is 10.2. The molecule has 0 radical (unpaired) electrons. The van der Waals surface area contributed by atoms with Gasteiger partial charge < -0.3 is 5.32 Å². The van der Waals surface area contributed by atoms with Gasteiger partial charge in [0.2, 0.25) is 11.9 Å². The molecule has 0 saturated heterocycles. The van der Waals surface area contributed by atoms with Crippen molar-refractivity contribution in [1.29, 1.82) is 0 Å². The third-order valence-corrected chi connectivity index (χ3v) is 3.06. The van der Waals surface area contributed by atoms with Gasteiger partial charge in [-0.15, -0.1) is 0 Å². The second kappa shape index (κ2) is 6.65. The maximum atomic E-state index is 11.3. The Bertz CT molecular complexity index is 753. The summed E-state index contributed by atoms with van der Waals surface area (Å²) in [7, 11) is 0. The normalized spacial score (nSPS) is 10.1. The third kappa shape index (κ3) is 3.49. The Kier molecular flexibility index (Phi) is 4.24. The Morgan fingerprint density at radius 1 is 0.957 bits per heavy atom. The van der Waals surface area contributed by atoms with Crippen molar-refractivity contribution >= 4 is 29.0 Å². The first-order valence-corrected chi connectivity index (χ1v) is 7.10. The first-order chi connectivity index (χ1) is 11.2. The van der Waals surface area contributed by atoms with Gasteiger partial charge in [-0.05, 0) is 36.4 Å². The van der Waals surface area contributed by atoms with Crippen molar-refractivity contribution in [3.63, 3.8) is 0 Å². The zero-order chi connectivity index (χ0) is 16.1. The summed E-state index contributed by atoms with van der Waals surface area (Å²) < 4.78 is 0. The summed E-state index contributed by atoms with van der Waals surface area (Å²) in [6.07, 6.45) is 5.06. The topological polar surface area (TPSA) is 71.0 Å². The SMILES string of the molecule is CC(=O)Nc1cccc(N(c2ccccn2)c2ncccn2)c1. The number of hydrogen-bond acceptors (Lipinski definition) is 5. The molecule has 0 saturated carbocycles. The maximum Gasteiger partial charge on any atom is 0.235 e. The smallest absolute Gasteiger partial charge is 0.235 e. The number of nitrogens with one attached hydrogen (secondary N) is 1. The van der Waals surface area contributed by atoms with E-state index < -0.39 is 0 Å². The Balaban J connectivity index is 2.07. The van der Waals surface area contributed by atoms with Gasteiger partial charge in [0.1, 0.15) is 5.82 Å². The summed E-state index contributed by atoms with van der Waals surface area (Å²) in [6, 6.07) is 14.8. The minimum absolute atomic E-state index is 0.123. The minimum atomic E-state index is -0.123. The van der Waals surface area contributed by atoms with E-state index >= 15 is 0 Å². The van der Waals surface area contributed by atoms with E-state index in [1.54, 1.807) is 24.7 Å². The fraction of sp³-hybridized carbons (Fsp3) is 0.0588. The molecule has 1 N–H and O–H groups in total. The van der Waals surface area contributed by atoms with E-state index in [0.717, 1.165) is 5.69 Å². The first-order valence-electron chi connectivity index (χ1n) is 7.10. The molecular weight excluding hydrogens is 290 g/mol. The van der Waals surface area contributed by atoms with Crippen LogP contribution in [0.2, 0.25) is 0 Å². The van der Waals surface area contributed by atoms with E-state index in [2.05, 4.69) is 20.3 Å². The molecule has 0 fully saturated rings. The summed E-state index contributed by atoms with van der Waals surface area (Å²) >= 11 is 0.